The number of nitrogens with zero attached hydrogens (tertiary/aromatic N) is 3. The zero-order valence-corrected chi connectivity index (χ0v) is 35.9. The van der Waals surface area contributed by atoms with Gasteiger partial charge in [-0.15, -0.1) is 0 Å². The van der Waals surface area contributed by atoms with Crippen LogP contribution in [0.15, 0.2) is 39.5 Å². The fraction of sp³-hybridized carbons (Fsp3) is 0.750. The Balaban J connectivity index is 2.26. The van der Waals surface area contributed by atoms with Crippen LogP contribution < -0.4 is 4.74 Å². The third-order valence-electron chi connectivity index (χ3n) is 10.5. The maximum Gasteiger partial charge on any atom is 0.192 e. The monoisotopic (exact) mass is 815 g/mol. The maximum absolute atomic E-state index is 13.7. The van der Waals surface area contributed by atoms with Crippen molar-refractivity contribution in [1.29, 1.82) is 0 Å². The van der Waals surface area contributed by atoms with E-state index in [1.165, 1.54) is 0 Å². The molecule has 0 aromatic heterocycles. The van der Waals surface area contributed by atoms with Gasteiger partial charge in [-0.25, -0.2) is 0 Å². The van der Waals surface area contributed by atoms with Crippen LogP contribution in [0.1, 0.15) is 80.2 Å². The van der Waals surface area contributed by atoms with Gasteiger partial charge < -0.3 is 23.1 Å². The quantitative estimate of drug-likeness (QED) is 0.0509. The molecule has 1 aromatic rings. The second-order valence-corrected chi connectivity index (χ2v) is 26.7. The number of hydrogen-bond acceptors (Lipinski definition) is 7. The summed E-state index contributed by atoms with van der Waals surface area (Å²) < 4.78 is 34.3. The average Bonchev–Trinajstić information content (AvgIpc) is 2.97. The minimum Gasteiger partial charge on any atom is -0.497 e. The molecule has 12 heteroatoms. The summed E-state index contributed by atoms with van der Waals surface area (Å²) in [7, 11) is -2.74. The lowest BCUT2D eigenvalue weighted by Crippen LogP contribution is -2.59. The van der Waals surface area contributed by atoms with E-state index in [0.29, 0.717) is 25.9 Å². The van der Waals surface area contributed by atoms with Gasteiger partial charge in [-0.1, -0.05) is 95.2 Å². The standard InChI is InChI=1S/C36H62IN3O6Si2/c1-25(30(18-19-37)43-24-27-14-16-29(42-9)17-15-27)20-28(41)21-26(2)34-32(46-48(12,13)36(6,7)8)22-31(33(44-34)23-39-40-38)45-47(10,11)35(3,4)5/h14-19,25-26,30-34H,20-24H2,1-13H3/b19-18+/t25-,26-,30+,31+,32-,33+,34-/m0/s1. The molecule has 1 fully saturated rings. The van der Waals surface area contributed by atoms with Gasteiger partial charge >= 0.3 is 0 Å². The van der Waals surface area contributed by atoms with Crippen molar-refractivity contribution < 1.29 is 27.9 Å². The molecule has 0 spiro atoms. The molecule has 2 rings (SSSR count). The summed E-state index contributed by atoms with van der Waals surface area (Å²) in [6.07, 6.45) is 1.91. The first-order chi connectivity index (χ1) is 22.2. The number of carbonyl (C=O) groups excluding carboxylic acids is 1. The summed E-state index contributed by atoms with van der Waals surface area (Å²) in [4.78, 5) is 16.7. The zero-order chi connectivity index (χ0) is 36.5. The van der Waals surface area contributed by atoms with E-state index in [4.69, 9.17) is 23.1 Å². The predicted octanol–water partition coefficient (Wildman–Crippen LogP) is 10.4. The zero-order valence-electron chi connectivity index (χ0n) is 31.7. The Labute approximate surface area is 306 Å². The third kappa shape index (κ3) is 12.5. The molecular formula is C36H62IN3O6Si2. The number of Topliss-reactive ketones (excluding diaryl/α,β-unsaturated/α-hetero) is 1. The highest BCUT2D eigenvalue weighted by molar-refractivity contribution is 14.1. The molecule has 0 bridgehead atoms. The average molecular weight is 816 g/mol. The number of carbonyl (C=O) groups is 1. The van der Waals surface area contributed by atoms with Crippen LogP contribution in [-0.4, -0.2) is 66.6 Å². The lowest BCUT2D eigenvalue weighted by atomic mass is 9.86. The Morgan fingerprint density at radius 2 is 1.58 bits per heavy atom. The van der Waals surface area contributed by atoms with Crippen LogP contribution >= 0.6 is 22.6 Å². The highest BCUT2D eigenvalue weighted by Gasteiger charge is 2.49. The molecule has 0 saturated carbocycles. The molecule has 1 heterocycles. The van der Waals surface area contributed by atoms with E-state index in [1.807, 2.05) is 34.4 Å². The van der Waals surface area contributed by atoms with Crippen molar-refractivity contribution >= 4 is 45.0 Å². The van der Waals surface area contributed by atoms with Gasteiger partial charge in [0.2, 0.25) is 0 Å². The third-order valence-corrected chi connectivity index (χ3v) is 19.9. The summed E-state index contributed by atoms with van der Waals surface area (Å²) in [5, 5.41) is 3.92. The highest BCUT2D eigenvalue weighted by Crippen LogP contribution is 2.43. The summed E-state index contributed by atoms with van der Waals surface area (Å²) >= 11 is 2.20. The molecule has 0 unspecified atom stereocenters. The van der Waals surface area contributed by atoms with E-state index in [0.717, 1.165) is 11.3 Å². The Bertz CT molecular complexity index is 1240. The first-order valence-electron chi connectivity index (χ1n) is 17.2. The van der Waals surface area contributed by atoms with E-state index >= 15 is 0 Å². The van der Waals surface area contributed by atoms with E-state index in [1.54, 1.807) is 7.11 Å². The summed E-state index contributed by atoms with van der Waals surface area (Å²) in [5.74, 6) is 0.842. The smallest absolute Gasteiger partial charge is 0.192 e. The Hall–Kier alpha value is -1.26. The number of hydrogen-bond donors (Lipinski definition) is 0. The van der Waals surface area contributed by atoms with Gasteiger partial charge in [0.15, 0.2) is 16.6 Å². The lowest BCUT2D eigenvalue weighted by Gasteiger charge is -2.50. The second kappa shape index (κ2) is 18.3. The predicted molar refractivity (Wildman–Crippen MR) is 209 cm³/mol. The molecule has 0 amide bonds. The van der Waals surface area contributed by atoms with Gasteiger partial charge in [0.1, 0.15) is 11.5 Å². The molecule has 1 aliphatic rings. The SMILES string of the molecule is COc1ccc(CO[C@H](/C=C/I)[C@@H](C)CC(=O)C[C@H](C)[C@@H]2O[C@H](CN=[N+]=[N-])[C@H](O[Si](C)(C)C(C)(C)C)C[C@@H]2O[Si](C)(C)C(C)(C)C)cc1. The number of rotatable bonds is 17. The Morgan fingerprint density at radius 1 is 1.02 bits per heavy atom. The Kier molecular flexibility index (Phi) is 16.4. The fourth-order valence-corrected chi connectivity index (χ4v) is 8.56. The van der Waals surface area contributed by atoms with Gasteiger partial charge in [0.25, 0.3) is 0 Å². The summed E-state index contributed by atoms with van der Waals surface area (Å²) in [6.45, 7) is 27.1. The van der Waals surface area contributed by atoms with Gasteiger partial charge in [-0.2, -0.15) is 0 Å². The normalized spacial score (nSPS) is 23.0. The first-order valence-corrected chi connectivity index (χ1v) is 24.3. The van der Waals surface area contributed by atoms with Gasteiger partial charge in [0, 0.05) is 24.2 Å². The summed E-state index contributed by atoms with van der Waals surface area (Å²) in [5.41, 5.74) is 10.3. The van der Waals surface area contributed by atoms with Crippen LogP contribution in [-0.2, 0) is 29.7 Å². The van der Waals surface area contributed by atoms with Crippen LogP contribution in [0.2, 0.25) is 36.3 Å². The van der Waals surface area contributed by atoms with E-state index < -0.39 is 22.7 Å². The van der Waals surface area contributed by atoms with Gasteiger partial charge in [-0.05, 0) is 81.5 Å². The number of benzene rings is 1. The van der Waals surface area contributed by atoms with E-state index in [9.17, 15) is 10.3 Å². The van der Waals surface area contributed by atoms with Crippen molar-refractivity contribution in [3.8, 4) is 5.75 Å². The fourth-order valence-electron chi connectivity index (χ4n) is 5.45. The van der Waals surface area contributed by atoms with Crippen molar-refractivity contribution in [3.63, 3.8) is 0 Å². The topological polar surface area (TPSA) is 112 Å². The first kappa shape index (κ1) is 42.9. The van der Waals surface area contributed by atoms with E-state index in [2.05, 4.69) is 114 Å². The van der Waals surface area contributed by atoms with Gasteiger partial charge in [0.05, 0.1) is 50.8 Å². The molecule has 48 heavy (non-hydrogen) atoms. The molecule has 1 saturated heterocycles. The lowest BCUT2D eigenvalue weighted by molar-refractivity contribution is -0.173. The van der Waals surface area contributed by atoms with Crippen LogP contribution in [0.3, 0.4) is 0 Å². The number of ketones is 1. The van der Waals surface area contributed by atoms with Crippen molar-refractivity contribution in [2.75, 3.05) is 13.7 Å². The molecule has 7 atom stereocenters. The molecule has 0 N–H and O–H groups in total. The van der Waals surface area contributed by atoms with E-state index in [-0.39, 0.29) is 58.7 Å². The van der Waals surface area contributed by atoms with Crippen LogP contribution in [0.4, 0.5) is 0 Å². The summed E-state index contributed by atoms with van der Waals surface area (Å²) in [6, 6.07) is 7.82. The van der Waals surface area contributed by atoms with Crippen LogP contribution in [0, 0.1) is 11.8 Å². The molecule has 0 aliphatic carbocycles. The number of halogens is 1. The molecule has 1 aliphatic heterocycles. The number of ether oxygens (including phenoxy) is 3. The van der Waals surface area contributed by atoms with Crippen LogP contribution in [0.25, 0.3) is 10.4 Å². The van der Waals surface area contributed by atoms with Crippen molar-refractivity contribution in [2.24, 2.45) is 17.0 Å². The minimum atomic E-state index is -2.21. The molecular weight excluding hydrogens is 753 g/mol. The number of methoxy groups -OCH3 is 1. The largest absolute Gasteiger partial charge is 0.497 e. The van der Waals surface area contributed by atoms with Crippen molar-refractivity contribution in [3.05, 3.63) is 50.4 Å². The number of azide groups is 1. The molecule has 9 nitrogen and oxygen atoms in total. The molecule has 1 aromatic carbocycles. The van der Waals surface area contributed by atoms with Crippen molar-refractivity contribution in [2.45, 2.75) is 148 Å². The maximum atomic E-state index is 13.7. The minimum absolute atomic E-state index is 0.00178. The highest BCUT2D eigenvalue weighted by atomic mass is 127. The van der Waals surface area contributed by atoms with Crippen LogP contribution in [0.5, 0.6) is 5.75 Å². The van der Waals surface area contributed by atoms with Gasteiger partial charge in [-0.3, -0.25) is 4.79 Å². The molecule has 0 radical (unpaired) electrons. The molecule has 272 valence electrons. The second-order valence-electron chi connectivity index (χ2n) is 16.5. The Morgan fingerprint density at radius 3 is 2.08 bits per heavy atom. The van der Waals surface area contributed by atoms with Crippen molar-refractivity contribution in [1.82, 2.24) is 0 Å².